The standard InChI is InChI=1S/C45H47NO/c1-44(2,3)41-29-31(28-33(43(41)47)30-46-34-18-6-5-7-19-34)16-14-15-27-45(4,40-26-25-32-17-8-9-20-35(32)40)42-38-23-12-10-21-36(38)37-22-11-13-24-39(37)42/h8-13,17,20-24,26,28-30,34,42,47H,5-7,15,18-19,25,27H2,1-4H3/b46-30+. The van der Waals surface area contributed by atoms with Gasteiger partial charge in [0.2, 0.25) is 0 Å². The molecule has 4 aromatic carbocycles. The van der Waals surface area contributed by atoms with E-state index in [1.54, 1.807) is 0 Å². The molecule has 7 rings (SSSR count). The van der Waals surface area contributed by atoms with Crippen LogP contribution in [-0.2, 0) is 11.8 Å². The van der Waals surface area contributed by atoms with Crippen molar-refractivity contribution in [3.8, 4) is 28.7 Å². The lowest BCUT2D eigenvalue weighted by Gasteiger charge is -2.39. The van der Waals surface area contributed by atoms with Crippen molar-refractivity contribution < 1.29 is 5.11 Å². The average Bonchev–Trinajstić information content (AvgIpc) is 3.67. The van der Waals surface area contributed by atoms with E-state index in [4.69, 9.17) is 4.99 Å². The molecule has 238 valence electrons. The summed E-state index contributed by atoms with van der Waals surface area (Å²) in [4.78, 5) is 4.91. The van der Waals surface area contributed by atoms with E-state index in [-0.39, 0.29) is 16.7 Å². The molecule has 3 aliphatic carbocycles. The summed E-state index contributed by atoms with van der Waals surface area (Å²) in [5.41, 5.74) is 12.1. The van der Waals surface area contributed by atoms with Crippen molar-refractivity contribution >= 4 is 11.8 Å². The second-order valence-corrected chi connectivity index (χ2v) is 15.1. The Morgan fingerprint density at radius 3 is 2.13 bits per heavy atom. The SMILES string of the molecule is CC(C)(C)c1cc(C#CCCC(C)(C2=CCc3ccccc32)C2c3ccccc3-c3ccccc32)cc(/C=N/C2CCCCC2)c1O. The number of nitrogens with zero attached hydrogens (tertiary/aromatic N) is 1. The number of phenolic OH excluding ortho intramolecular Hbond substituents is 1. The summed E-state index contributed by atoms with van der Waals surface area (Å²) in [7, 11) is 0. The number of aliphatic imine (C=N–C) groups is 1. The van der Waals surface area contributed by atoms with Gasteiger partial charge < -0.3 is 5.11 Å². The lowest BCUT2D eigenvalue weighted by Crippen LogP contribution is -2.27. The Kier molecular flexibility index (Phi) is 8.44. The maximum absolute atomic E-state index is 11.3. The van der Waals surface area contributed by atoms with Crippen molar-refractivity contribution in [2.45, 2.75) is 96.4 Å². The van der Waals surface area contributed by atoms with Gasteiger partial charge in [0.25, 0.3) is 0 Å². The molecule has 3 aliphatic rings. The highest BCUT2D eigenvalue weighted by Crippen LogP contribution is 2.60. The first-order valence-electron chi connectivity index (χ1n) is 17.6. The molecule has 0 heterocycles. The number of rotatable bonds is 6. The second-order valence-electron chi connectivity index (χ2n) is 15.1. The van der Waals surface area contributed by atoms with E-state index < -0.39 is 0 Å². The predicted octanol–water partition coefficient (Wildman–Crippen LogP) is 11.0. The summed E-state index contributed by atoms with van der Waals surface area (Å²) in [6.45, 7) is 8.93. The molecule has 0 spiro atoms. The first-order chi connectivity index (χ1) is 22.7. The maximum atomic E-state index is 11.3. The van der Waals surface area contributed by atoms with Crippen molar-refractivity contribution in [2.75, 3.05) is 0 Å². The summed E-state index contributed by atoms with van der Waals surface area (Å²) in [6.07, 6.45) is 13.1. The highest BCUT2D eigenvalue weighted by atomic mass is 16.3. The van der Waals surface area contributed by atoms with Gasteiger partial charge in [-0.1, -0.05) is 138 Å². The van der Waals surface area contributed by atoms with Crippen LogP contribution in [0.25, 0.3) is 16.7 Å². The van der Waals surface area contributed by atoms with E-state index in [1.165, 1.54) is 58.2 Å². The molecule has 0 bridgehead atoms. The predicted molar refractivity (Wildman–Crippen MR) is 197 cm³/mol. The zero-order valence-electron chi connectivity index (χ0n) is 28.4. The van der Waals surface area contributed by atoms with E-state index in [1.807, 2.05) is 12.3 Å². The Hall–Kier alpha value is -4.35. The lowest BCUT2D eigenvalue weighted by molar-refractivity contribution is 0.369. The summed E-state index contributed by atoms with van der Waals surface area (Å²) < 4.78 is 0. The highest BCUT2D eigenvalue weighted by Gasteiger charge is 2.45. The summed E-state index contributed by atoms with van der Waals surface area (Å²) in [5.74, 6) is 7.72. The van der Waals surface area contributed by atoms with Crippen molar-refractivity contribution in [1.82, 2.24) is 0 Å². The summed E-state index contributed by atoms with van der Waals surface area (Å²) >= 11 is 0. The molecule has 0 radical (unpaired) electrons. The van der Waals surface area contributed by atoms with Crippen LogP contribution in [0.4, 0.5) is 0 Å². The molecule has 4 aromatic rings. The molecule has 2 nitrogen and oxygen atoms in total. The topological polar surface area (TPSA) is 32.6 Å². The van der Waals surface area contributed by atoms with Crippen LogP contribution in [0, 0.1) is 17.3 Å². The molecule has 2 heteroatoms. The van der Waals surface area contributed by atoms with E-state index in [2.05, 4.69) is 124 Å². The fraction of sp³-hybridized carbons (Fsp3) is 0.356. The quantitative estimate of drug-likeness (QED) is 0.169. The number of phenols is 1. The van der Waals surface area contributed by atoms with E-state index >= 15 is 0 Å². The largest absolute Gasteiger partial charge is 0.507 e. The van der Waals surface area contributed by atoms with Gasteiger partial charge in [0, 0.05) is 46.7 Å². The number of hydrogen-bond acceptors (Lipinski definition) is 2. The molecule has 47 heavy (non-hydrogen) atoms. The zero-order valence-corrected chi connectivity index (χ0v) is 28.4. The second kappa shape index (κ2) is 12.7. The number of fused-ring (bicyclic) bond motifs is 4. The Morgan fingerprint density at radius 2 is 1.45 bits per heavy atom. The van der Waals surface area contributed by atoms with E-state index in [0.29, 0.717) is 11.8 Å². The minimum absolute atomic E-state index is 0.146. The number of aromatic hydroxyl groups is 1. The van der Waals surface area contributed by atoms with E-state index in [9.17, 15) is 5.11 Å². The van der Waals surface area contributed by atoms with Crippen LogP contribution in [0.1, 0.15) is 118 Å². The number of allylic oxidation sites excluding steroid dienone is 2. The first-order valence-corrected chi connectivity index (χ1v) is 17.6. The lowest BCUT2D eigenvalue weighted by atomic mass is 9.64. The van der Waals surface area contributed by atoms with Crippen molar-refractivity contribution in [3.05, 3.63) is 130 Å². The zero-order chi connectivity index (χ0) is 32.6. The van der Waals surface area contributed by atoms with Crippen LogP contribution in [0.5, 0.6) is 5.75 Å². The molecule has 1 atom stereocenters. The molecule has 0 saturated heterocycles. The molecular weight excluding hydrogens is 571 g/mol. The number of benzene rings is 4. The van der Waals surface area contributed by atoms with Gasteiger partial charge in [-0.05, 0) is 82.2 Å². The Balaban J connectivity index is 1.24. The molecule has 0 amide bonds. The van der Waals surface area contributed by atoms with Crippen molar-refractivity contribution in [2.24, 2.45) is 10.4 Å². The Labute approximate surface area is 281 Å². The van der Waals surface area contributed by atoms with Gasteiger partial charge in [0.05, 0.1) is 0 Å². The summed E-state index contributed by atoms with van der Waals surface area (Å²) in [5, 5.41) is 11.3. The van der Waals surface area contributed by atoms with Gasteiger partial charge >= 0.3 is 0 Å². The number of hydrogen-bond donors (Lipinski definition) is 1. The van der Waals surface area contributed by atoms with Crippen LogP contribution >= 0.6 is 0 Å². The molecule has 0 aromatic heterocycles. The molecule has 1 saturated carbocycles. The van der Waals surface area contributed by atoms with Gasteiger partial charge in [-0.15, -0.1) is 0 Å². The molecule has 1 unspecified atom stereocenters. The van der Waals surface area contributed by atoms with Gasteiger partial charge in [-0.3, -0.25) is 4.99 Å². The van der Waals surface area contributed by atoms with Gasteiger partial charge in [-0.25, -0.2) is 0 Å². The van der Waals surface area contributed by atoms with Crippen LogP contribution < -0.4 is 0 Å². The molecule has 0 aliphatic heterocycles. The minimum Gasteiger partial charge on any atom is -0.507 e. The third-order valence-corrected chi connectivity index (χ3v) is 10.9. The Morgan fingerprint density at radius 1 is 0.809 bits per heavy atom. The minimum atomic E-state index is -0.209. The molecule has 1 N–H and O–H groups in total. The van der Waals surface area contributed by atoms with Crippen molar-refractivity contribution in [3.63, 3.8) is 0 Å². The third kappa shape index (κ3) is 5.98. The highest BCUT2D eigenvalue weighted by molar-refractivity contribution is 5.86. The van der Waals surface area contributed by atoms with Gasteiger partial charge in [0.1, 0.15) is 5.75 Å². The third-order valence-electron chi connectivity index (χ3n) is 10.9. The maximum Gasteiger partial charge on any atom is 0.128 e. The normalized spacial score (nSPS) is 17.4. The molecular formula is C45H47NO. The summed E-state index contributed by atoms with van der Waals surface area (Å²) in [6, 6.07) is 31.4. The Bertz CT molecular complexity index is 1870. The fourth-order valence-electron chi connectivity index (χ4n) is 8.40. The fourth-order valence-corrected chi connectivity index (χ4v) is 8.40. The van der Waals surface area contributed by atoms with Gasteiger partial charge in [0.15, 0.2) is 0 Å². The van der Waals surface area contributed by atoms with Crippen LogP contribution in [0.15, 0.2) is 96.0 Å². The van der Waals surface area contributed by atoms with Crippen LogP contribution in [0.2, 0.25) is 0 Å². The van der Waals surface area contributed by atoms with Crippen LogP contribution in [0.3, 0.4) is 0 Å². The van der Waals surface area contributed by atoms with Crippen LogP contribution in [-0.4, -0.2) is 17.4 Å². The van der Waals surface area contributed by atoms with Gasteiger partial charge in [-0.2, -0.15) is 0 Å². The average molecular weight is 618 g/mol. The van der Waals surface area contributed by atoms with Crippen molar-refractivity contribution in [1.29, 1.82) is 0 Å². The smallest absolute Gasteiger partial charge is 0.128 e. The first kappa shape index (κ1) is 31.3. The monoisotopic (exact) mass is 617 g/mol. The molecule has 1 fully saturated rings. The van der Waals surface area contributed by atoms with E-state index in [0.717, 1.165) is 48.8 Å².